The van der Waals surface area contributed by atoms with Crippen molar-refractivity contribution in [2.75, 3.05) is 5.32 Å². The van der Waals surface area contributed by atoms with E-state index in [2.05, 4.69) is 20.8 Å². The summed E-state index contributed by atoms with van der Waals surface area (Å²) in [5.74, 6) is 0.0722. The number of aromatic amines is 1. The Hall–Kier alpha value is -3.61. The number of fused-ring (bicyclic) bond motifs is 1. The fraction of sp³-hybridized carbons (Fsp3) is 0.227. The summed E-state index contributed by atoms with van der Waals surface area (Å²) in [6.07, 6.45) is 4.04. The Balaban J connectivity index is 1.30. The lowest BCUT2D eigenvalue weighted by Gasteiger charge is -2.22. The Bertz CT molecular complexity index is 1030. The molecular weight excluding hydrogens is 368 g/mol. The SMILES string of the molecule is Cc1cccc(Oc2ccc(NC(=O)C(=O)N[C@@H]3CCc4[nH]ncc4C3)cc2)c1. The van der Waals surface area contributed by atoms with Gasteiger partial charge in [0.05, 0.1) is 6.20 Å². The number of benzene rings is 2. The number of nitrogens with one attached hydrogen (secondary N) is 3. The number of hydrogen-bond acceptors (Lipinski definition) is 4. The first-order valence-electron chi connectivity index (χ1n) is 9.54. The van der Waals surface area contributed by atoms with Crippen LogP contribution in [-0.2, 0) is 22.4 Å². The maximum absolute atomic E-state index is 12.2. The molecule has 1 aliphatic rings. The number of amides is 2. The quantitative estimate of drug-likeness (QED) is 0.597. The van der Waals surface area contributed by atoms with Crippen LogP contribution in [0.15, 0.2) is 54.7 Å². The highest BCUT2D eigenvalue weighted by Gasteiger charge is 2.24. The number of nitrogens with zero attached hydrogens (tertiary/aromatic N) is 1. The molecule has 0 saturated heterocycles. The predicted octanol–water partition coefficient (Wildman–Crippen LogP) is 3.12. The smallest absolute Gasteiger partial charge is 0.313 e. The van der Waals surface area contributed by atoms with E-state index in [1.807, 2.05) is 31.2 Å². The minimum absolute atomic E-state index is 0.0662. The van der Waals surface area contributed by atoms with Crippen molar-refractivity contribution in [2.24, 2.45) is 0 Å². The van der Waals surface area contributed by atoms with Crippen LogP contribution in [0.1, 0.15) is 23.2 Å². The fourth-order valence-electron chi connectivity index (χ4n) is 3.40. The molecule has 0 bridgehead atoms. The molecular formula is C22H22N4O3. The van der Waals surface area contributed by atoms with Crippen LogP contribution >= 0.6 is 0 Å². The molecule has 0 radical (unpaired) electrons. The fourth-order valence-corrected chi connectivity index (χ4v) is 3.40. The van der Waals surface area contributed by atoms with Crippen LogP contribution in [-0.4, -0.2) is 28.1 Å². The van der Waals surface area contributed by atoms with E-state index in [9.17, 15) is 9.59 Å². The van der Waals surface area contributed by atoms with E-state index in [1.165, 1.54) is 0 Å². The highest BCUT2D eigenvalue weighted by atomic mass is 16.5. The summed E-state index contributed by atoms with van der Waals surface area (Å²) < 4.78 is 5.79. The average Bonchev–Trinajstić information content (AvgIpc) is 3.17. The first-order chi connectivity index (χ1) is 14.1. The maximum Gasteiger partial charge on any atom is 0.313 e. The number of hydrogen-bond donors (Lipinski definition) is 3. The Morgan fingerprint density at radius 2 is 1.93 bits per heavy atom. The van der Waals surface area contributed by atoms with E-state index in [0.717, 1.165) is 35.4 Å². The van der Waals surface area contributed by atoms with E-state index >= 15 is 0 Å². The molecule has 0 aliphatic heterocycles. The van der Waals surface area contributed by atoms with Gasteiger partial charge in [-0.1, -0.05) is 12.1 Å². The van der Waals surface area contributed by atoms with Gasteiger partial charge in [-0.25, -0.2) is 0 Å². The predicted molar refractivity (Wildman–Crippen MR) is 109 cm³/mol. The van der Waals surface area contributed by atoms with Gasteiger partial charge in [0, 0.05) is 17.4 Å². The van der Waals surface area contributed by atoms with E-state index in [4.69, 9.17) is 4.74 Å². The topological polar surface area (TPSA) is 96.1 Å². The van der Waals surface area contributed by atoms with Crippen molar-refractivity contribution >= 4 is 17.5 Å². The van der Waals surface area contributed by atoms with Gasteiger partial charge in [-0.05, 0) is 73.7 Å². The molecule has 1 heterocycles. The van der Waals surface area contributed by atoms with E-state index in [-0.39, 0.29) is 6.04 Å². The van der Waals surface area contributed by atoms with Crippen molar-refractivity contribution in [3.8, 4) is 11.5 Å². The highest BCUT2D eigenvalue weighted by Crippen LogP contribution is 2.24. The summed E-state index contributed by atoms with van der Waals surface area (Å²) in [7, 11) is 0. The number of aryl methyl sites for hydroxylation is 2. The first kappa shape index (κ1) is 18.7. The van der Waals surface area contributed by atoms with Crippen LogP contribution in [0.25, 0.3) is 0 Å². The number of ether oxygens (including phenoxy) is 1. The molecule has 2 aromatic carbocycles. The second-order valence-electron chi connectivity index (χ2n) is 7.18. The van der Waals surface area contributed by atoms with Gasteiger partial charge in [0.1, 0.15) is 11.5 Å². The number of rotatable bonds is 4. The van der Waals surface area contributed by atoms with Crippen molar-refractivity contribution in [1.82, 2.24) is 15.5 Å². The molecule has 0 saturated carbocycles. The Morgan fingerprint density at radius 3 is 2.72 bits per heavy atom. The van der Waals surface area contributed by atoms with Gasteiger partial charge >= 0.3 is 11.8 Å². The molecule has 7 nitrogen and oxygen atoms in total. The molecule has 0 unspecified atom stereocenters. The van der Waals surface area contributed by atoms with Gasteiger partial charge in [-0.3, -0.25) is 14.7 Å². The number of aromatic nitrogens is 2. The maximum atomic E-state index is 12.2. The zero-order chi connectivity index (χ0) is 20.2. The molecule has 3 N–H and O–H groups in total. The third-order valence-corrected chi connectivity index (χ3v) is 4.90. The number of carbonyl (C=O) groups excluding carboxylic acids is 2. The van der Waals surface area contributed by atoms with Gasteiger partial charge < -0.3 is 15.4 Å². The van der Waals surface area contributed by atoms with Crippen molar-refractivity contribution in [2.45, 2.75) is 32.2 Å². The summed E-state index contributed by atoms with van der Waals surface area (Å²) in [6.45, 7) is 2.00. The molecule has 0 spiro atoms. The van der Waals surface area contributed by atoms with Crippen LogP contribution in [0.5, 0.6) is 11.5 Å². The van der Waals surface area contributed by atoms with Gasteiger partial charge in [0.2, 0.25) is 0 Å². The summed E-state index contributed by atoms with van der Waals surface area (Å²) >= 11 is 0. The minimum Gasteiger partial charge on any atom is -0.457 e. The Labute approximate surface area is 168 Å². The minimum atomic E-state index is -0.685. The van der Waals surface area contributed by atoms with Crippen LogP contribution in [0, 0.1) is 6.92 Å². The van der Waals surface area contributed by atoms with Crippen molar-refractivity contribution in [1.29, 1.82) is 0 Å². The van der Waals surface area contributed by atoms with Gasteiger partial charge in [-0.2, -0.15) is 5.10 Å². The normalized spacial score (nSPS) is 15.3. The van der Waals surface area contributed by atoms with Gasteiger partial charge in [-0.15, -0.1) is 0 Å². The molecule has 2 amide bonds. The molecule has 0 fully saturated rings. The number of anilines is 1. The van der Waals surface area contributed by atoms with Gasteiger partial charge in [0.15, 0.2) is 0 Å². The third kappa shape index (κ3) is 4.63. The number of H-pyrrole nitrogens is 1. The molecule has 29 heavy (non-hydrogen) atoms. The summed E-state index contributed by atoms with van der Waals surface area (Å²) in [5, 5.41) is 12.4. The third-order valence-electron chi connectivity index (χ3n) is 4.90. The summed E-state index contributed by atoms with van der Waals surface area (Å²) in [5.41, 5.74) is 3.83. The average molecular weight is 390 g/mol. The zero-order valence-electron chi connectivity index (χ0n) is 16.1. The molecule has 7 heteroatoms. The van der Waals surface area contributed by atoms with E-state index < -0.39 is 11.8 Å². The standard InChI is InChI=1S/C22H22N4O3/c1-14-3-2-4-19(11-14)29-18-8-5-16(6-9-18)24-21(27)22(28)25-17-7-10-20-15(12-17)13-23-26-20/h2-6,8-9,11,13,17H,7,10,12H2,1H3,(H,23,26)(H,24,27)(H,25,28)/t17-/m1/s1. The molecule has 3 aromatic rings. The van der Waals surface area contributed by atoms with Crippen LogP contribution in [0.3, 0.4) is 0 Å². The Morgan fingerprint density at radius 1 is 1.10 bits per heavy atom. The largest absolute Gasteiger partial charge is 0.457 e. The van der Waals surface area contributed by atoms with Crippen LogP contribution < -0.4 is 15.4 Å². The summed E-state index contributed by atoms with van der Waals surface area (Å²) in [4.78, 5) is 24.5. The lowest BCUT2D eigenvalue weighted by atomic mass is 9.93. The molecule has 1 aliphatic carbocycles. The van der Waals surface area contributed by atoms with Crippen LogP contribution in [0.4, 0.5) is 5.69 Å². The lowest BCUT2D eigenvalue weighted by Crippen LogP contribution is -2.44. The van der Waals surface area contributed by atoms with Crippen LogP contribution in [0.2, 0.25) is 0 Å². The lowest BCUT2D eigenvalue weighted by molar-refractivity contribution is -0.136. The van der Waals surface area contributed by atoms with Crippen molar-refractivity contribution < 1.29 is 14.3 Å². The Kier molecular flexibility index (Phi) is 5.29. The molecule has 4 rings (SSSR count). The van der Waals surface area contributed by atoms with E-state index in [1.54, 1.807) is 30.5 Å². The molecule has 1 aromatic heterocycles. The highest BCUT2D eigenvalue weighted by molar-refractivity contribution is 6.39. The second kappa shape index (κ2) is 8.18. The van der Waals surface area contributed by atoms with E-state index in [0.29, 0.717) is 17.9 Å². The zero-order valence-corrected chi connectivity index (χ0v) is 16.1. The molecule has 148 valence electrons. The summed E-state index contributed by atoms with van der Waals surface area (Å²) in [6, 6.07) is 14.6. The van der Waals surface area contributed by atoms with Crippen molar-refractivity contribution in [3.05, 3.63) is 71.5 Å². The monoisotopic (exact) mass is 390 g/mol. The second-order valence-corrected chi connectivity index (χ2v) is 7.18. The number of carbonyl (C=O) groups is 2. The van der Waals surface area contributed by atoms with Gasteiger partial charge in [0.25, 0.3) is 0 Å². The first-order valence-corrected chi connectivity index (χ1v) is 9.54. The van der Waals surface area contributed by atoms with Crippen molar-refractivity contribution in [3.63, 3.8) is 0 Å². The molecule has 1 atom stereocenters.